The number of anilines is 3. The first-order valence-electron chi connectivity index (χ1n) is 8.73. The number of nitrogens with zero attached hydrogens (tertiary/aromatic N) is 4. The molecule has 3 aromatic carbocycles. The Bertz CT molecular complexity index is 1100. The fourth-order valence-corrected chi connectivity index (χ4v) is 3.07. The van der Waals surface area contributed by atoms with E-state index in [-0.39, 0.29) is 28.4 Å². The molecule has 10 heteroatoms. The van der Waals surface area contributed by atoms with Gasteiger partial charge in [0.25, 0.3) is 17.1 Å². The molecular formula is C20H16N4O6. The van der Waals surface area contributed by atoms with E-state index in [4.69, 9.17) is 0 Å². The van der Waals surface area contributed by atoms with Crippen LogP contribution in [0.1, 0.15) is 11.1 Å². The molecule has 0 aliphatic carbocycles. The van der Waals surface area contributed by atoms with Gasteiger partial charge in [-0.05, 0) is 49.2 Å². The van der Waals surface area contributed by atoms with E-state index in [0.717, 1.165) is 0 Å². The van der Waals surface area contributed by atoms with Crippen molar-refractivity contribution in [3.05, 3.63) is 102 Å². The van der Waals surface area contributed by atoms with Crippen molar-refractivity contribution in [2.75, 3.05) is 4.90 Å². The maximum Gasteiger partial charge on any atom is 0.293 e. The van der Waals surface area contributed by atoms with E-state index in [1.165, 1.54) is 53.4 Å². The average molecular weight is 408 g/mol. The predicted molar refractivity (Wildman–Crippen MR) is 111 cm³/mol. The van der Waals surface area contributed by atoms with Crippen LogP contribution < -0.4 is 4.90 Å². The Hall–Kier alpha value is -4.34. The van der Waals surface area contributed by atoms with Crippen molar-refractivity contribution in [1.29, 1.82) is 0 Å². The Morgan fingerprint density at radius 3 is 1.43 bits per heavy atom. The number of hydrogen-bond donors (Lipinski definition) is 0. The minimum Gasteiger partial charge on any atom is -0.298 e. The molecule has 152 valence electrons. The summed E-state index contributed by atoms with van der Waals surface area (Å²) in [6.07, 6.45) is 0. The number of hydrogen-bond acceptors (Lipinski definition) is 7. The van der Waals surface area contributed by atoms with Crippen molar-refractivity contribution in [3.8, 4) is 0 Å². The second-order valence-electron chi connectivity index (χ2n) is 6.61. The van der Waals surface area contributed by atoms with Gasteiger partial charge >= 0.3 is 0 Å². The van der Waals surface area contributed by atoms with Crippen LogP contribution in [0.15, 0.2) is 60.7 Å². The van der Waals surface area contributed by atoms with Crippen LogP contribution in [-0.2, 0) is 0 Å². The molecule has 0 unspecified atom stereocenters. The van der Waals surface area contributed by atoms with Gasteiger partial charge in [-0.1, -0.05) is 12.1 Å². The van der Waals surface area contributed by atoms with Crippen molar-refractivity contribution >= 4 is 34.1 Å². The van der Waals surface area contributed by atoms with Crippen molar-refractivity contribution in [3.63, 3.8) is 0 Å². The van der Waals surface area contributed by atoms with Crippen LogP contribution in [0.4, 0.5) is 34.1 Å². The third kappa shape index (κ3) is 3.92. The van der Waals surface area contributed by atoms with Crippen LogP contribution in [0.25, 0.3) is 0 Å². The number of benzene rings is 3. The van der Waals surface area contributed by atoms with E-state index < -0.39 is 14.8 Å². The van der Waals surface area contributed by atoms with Crippen molar-refractivity contribution in [2.45, 2.75) is 13.8 Å². The summed E-state index contributed by atoms with van der Waals surface area (Å²) in [4.78, 5) is 34.1. The standard InChI is InChI=1S/C20H16N4O6/c1-13-3-9-17(19(11-13)23(27)28)21(15-5-7-16(8-6-15)22(25)26)18-10-4-14(2)12-20(18)24(29)30/h3-12H,1-2H3. The average Bonchev–Trinajstić information content (AvgIpc) is 2.70. The molecule has 0 amide bonds. The summed E-state index contributed by atoms with van der Waals surface area (Å²) < 4.78 is 0. The first kappa shape index (κ1) is 20.4. The SMILES string of the molecule is Cc1ccc(N(c2ccc([N+](=O)[O-])cc2)c2ccc(C)cc2[N+](=O)[O-])c([N+](=O)[O-])c1. The van der Waals surface area contributed by atoms with Gasteiger partial charge in [0.2, 0.25) is 0 Å². The lowest BCUT2D eigenvalue weighted by Gasteiger charge is -2.25. The van der Waals surface area contributed by atoms with Gasteiger partial charge in [-0.15, -0.1) is 0 Å². The molecule has 0 N–H and O–H groups in total. The monoisotopic (exact) mass is 408 g/mol. The molecule has 3 rings (SSSR count). The van der Waals surface area contributed by atoms with Crippen LogP contribution in [-0.4, -0.2) is 14.8 Å². The number of non-ortho nitro benzene ring substituents is 1. The summed E-state index contributed by atoms with van der Waals surface area (Å²) in [5.41, 5.74) is 1.14. The molecule has 0 spiro atoms. The van der Waals surface area contributed by atoms with Gasteiger partial charge in [0.15, 0.2) is 0 Å². The van der Waals surface area contributed by atoms with Crippen molar-refractivity contribution < 1.29 is 14.8 Å². The second kappa shape index (κ2) is 7.95. The van der Waals surface area contributed by atoms with Gasteiger partial charge in [-0.3, -0.25) is 35.2 Å². The normalized spacial score (nSPS) is 10.5. The topological polar surface area (TPSA) is 133 Å². The molecule has 30 heavy (non-hydrogen) atoms. The van der Waals surface area contributed by atoms with Crippen molar-refractivity contribution in [2.24, 2.45) is 0 Å². The molecule has 0 aliphatic heterocycles. The van der Waals surface area contributed by atoms with Gasteiger partial charge in [0.05, 0.1) is 14.8 Å². The van der Waals surface area contributed by atoms with Crippen LogP contribution in [0.5, 0.6) is 0 Å². The summed E-state index contributed by atoms with van der Waals surface area (Å²) in [6.45, 7) is 3.39. The maximum atomic E-state index is 11.7. The Morgan fingerprint density at radius 1 is 0.633 bits per heavy atom. The quantitative estimate of drug-likeness (QED) is 0.388. The molecule has 0 fully saturated rings. The van der Waals surface area contributed by atoms with E-state index in [9.17, 15) is 30.3 Å². The van der Waals surface area contributed by atoms with Crippen LogP contribution >= 0.6 is 0 Å². The highest BCUT2D eigenvalue weighted by atomic mass is 16.6. The van der Waals surface area contributed by atoms with E-state index in [2.05, 4.69) is 0 Å². The smallest absolute Gasteiger partial charge is 0.293 e. The number of rotatable bonds is 6. The fourth-order valence-electron chi connectivity index (χ4n) is 3.07. The first-order valence-corrected chi connectivity index (χ1v) is 8.73. The van der Waals surface area contributed by atoms with Gasteiger partial charge < -0.3 is 0 Å². The highest BCUT2D eigenvalue weighted by Crippen LogP contribution is 2.44. The zero-order valence-corrected chi connectivity index (χ0v) is 16.0. The lowest BCUT2D eigenvalue weighted by Crippen LogP contribution is -2.14. The van der Waals surface area contributed by atoms with Crippen LogP contribution in [0.2, 0.25) is 0 Å². The Balaban J connectivity index is 2.33. The molecule has 0 atom stereocenters. The summed E-state index contributed by atoms with van der Waals surface area (Å²) in [6, 6.07) is 14.3. The van der Waals surface area contributed by atoms with E-state index in [1.807, 2.05) is 0 Å². The molecule has 0 bridgehead atoms. The largest absolute Gasteiger partial charge is 0.298 e. The highest BCUT2D eigenvalue weighted by molar-refractivity contribution is 5.86. The third-order valence-electron chi connectivity index (χ3n) is 4.46. The fraction of sp³-hybridized carbons (Fsp3) is 0.100. The lowest BCUT2D eigenvalue weighted by molar-refractivity contribution is -0.384. The maximum absolute atomic E-state index is 11.7. The highest BCUT2D eigenvalue weighted by Gasteiger charge is 2.28. The molecule has 0 saturated heterocycles. The third-order valence-corrected chi connectivity index (χ3v) is 4.46. The van der Waals surface area contributed by atoms with E-state index in [1.54, 1.807) is 26.0 Å². The van der Waals surface area contributed by atoms with Crippen molar-refractivity contribution in [1.82, 2.24) is 0 Å². The van der Waals surface area contributed by atoms with Gasteiger partial charge in [-0.2, -0.15) is 0 Å². The zero-order chi connectivity index (χ0) is 22.0. The summed E-state index contributed by atoms with van der Waals surface area (Å²) in [5, 5.41) is 34.4. The predicted octanol–water partition coefficient (Wildman–Crippen LogP) is 5.50. The number of nitro groups is 3. The molecule has 10 nitrogen and oxygen atoms in total. The molecule has 3 aromatic rings. The summed E-state index contributed by atoms with van der Waals surface area (Å²) in [5.74, 6) is 0. The zero-order valence-electron chi connectivity index (χ0n) is 16.0. The molecule has 0 aromatic heterocycles. The van der Waals surface area contributed by atoms with E-state index in [0.29, 0.717) is 16.8 Å². The van der Waals surface area contributed by atoms with Gasteiger partial charge in [-0.25, -0.2) is 0 Å². The minimum absolute atomic E-state index is 0.103. The number of aryl methyl sites for hydroxylation is 2. The minimum atomic E-state index is -0.573. The molecular weight excluding hydrogens is 392 g/mol. The van der Waals surface area contributed by atoms with E-state index >= 15 is 0 Å². The molecule has 0 aliphatic rings. The first-order chi connectivity index (χ1) is 14.2. The summed E-state index contributed by atoms with van der Waals surface area (Å²) in [7, 11) is 0. The Morgan fingerprint density at radius 2 is 1.07 bits per heavy atom. The molecule has 0 radical (unpaired) electrons. The van der Waals surface area contributed by atoms with Gasteiger partial charge in [0, 0.05) is 30.0 Å². The molecule has 0 heterocycles. The molecule has 0 saturated carbocycles. The summed E-state index contributed by atoms with van der Waals surface area (Å²) >= 11 is 0. The Kier molecular flexibility index (Phi) is 5.41. The van der Waals surface area contributed by atoms with Gasteiger partial charge in [0.1, 0.15) is 11.4 Å². The van der Waals surface area contributed by atoms with Crippen LogP contribution in [0.3, 0.4) is 0 Å². The second-order valence-corrected chi connectivity index (χ2v) is 6.61. The number of nitro benzene ring substituents is 3. The Labute approximate surface area is 170 Å². The lowest BCUT2D eigenvalue weighted by atomic mass is 10.1. The van der Waals surface area contributed by atoms with Crippen LogP contribution in [0, 0.1) is 44.2 Å².